The number of para-hydroxylation sites is 2. The molecule has 4 rings (SSSR count). The molecule has 0 spiro atoms. The molecule has 4 heteroatoms. The Hall–Kier alpha value is -1.84. The Morgan fingerprint density at radius 1 is 1.12 bits per heavy atom. The third kappa shape index (κ3) is 3.31. The highest BCUT2D eigenvalue weighted by molar-refractivity contribution is 5.77. The van der Waals surface area contributed by atoms with Gasteiger partial charge in [-0.15, -0.1) is 0 Å². The van der Waals surface area contributed by atoms with E-state index in [1.54, 1.807) is 6.92 Å². The average Bonchev–Trinajstić information content (AvgIpc) is 3.25. The normalized spacial score (nSPS) is 22.0. The molecular weight excluding hydrogens is 310 g/mol. The summed E-state index contributed by atoms with van der Waals surface area (Å²) in [6.07, 6.45) is 10.3. The van der Waals surface area contributed by atoms with Crippen LogP contribution in [0.1, 0.15) is 70.2 Å². The van der Waals surface area contributed by atoms with E-state index in [4.69, 9.17) is 4.98 Å². The first kappa shape index (κ1) is 16.6. The molecule has 134 valence electrons. The van der Waals surface area contributed by atoms with E-state index in [1.165, 1.54) is 44.0 Å². The van der Waals surface area contributed by atoms with E-state index in [-0.39, 0.29) is 11.9 Å². The van der Waals surface area contributed by atoms with Gasteiger partial charge in [0.1, 0.15) is 5.82 Å². The number of aryl methyl sites for hydroxylation is 1. The van der Waals surface area contributed by atoms with Gasteiger partial charge >= 0.3 is 0 Å². The van der Waals surface area contributed by atoms with E-state index in [1.807, 2.05) is 4.90 Å². The minimum absolute atomic E-state index is 0.149. The van der Waals surface area contributed by atoms with Crippen molar-refractivity contribution >= 4 is 16.9 Å². The zero-order chi connectivity index (χ0) is 17.2. The molecule has 1 aromatic carbocycles. The molecule has 0 bridgehead atoms. The Morgan fingerprint density at radius 3 is 2.72 bits per heavy atom. The summed E-state index contributed by atoms with van der Waals surface area (Å²) in [7, 11) is 0. The lowest BCUT2D eigenvalue weighted by molar-refractivity contribution is -0.129. The summed E-state index contributed by atoms with van der Waals surface area (Å²) >= 11 is 0. The fraction of sp³-hybridized carbons (Fsp3) is 0.619. The van der Waals surface area contributed by atoms with Gasteiger partial charge in [0.2, 0.25) is 5.91 Å². The summed E-state index contributed by atoms with van der Waals surface area (Å²) in [5.41, 5.74) is 2.29. The summed E-state index contributed by atoms with van der Waals surface area (Å²) in [6, 6.07) is 8.59. The van der Waals surface area contributed by atoms with Crippen molar-refractivity contribution in [1.29, 1.82) is 0 Å². The van der Waals surface area contributed by atoms with E-state index in [2.05, 4.69) is 28.8 Å². The van der Waals surface area contributed by atoms with Gasteiger partial charge in [-0.3, -0.25) is 4.79 Å². The summed E-state index contributed by atoms with van der Waals surface area (Å²) in [5.74, 6) is 2.13. The van der Waals surface area contributed by atoms with Gasteiger partial charge in [0, 0.05) is 20.0 Å². The number of likely N-dealkylation sites (tertiary alicyclic amines) is 1. The molecule has 2 aliphatic rings. The minimum Gasteiger partial charge on any atom is -0.333 e. The molecule has 2 aromatic rings. The Kier molecular flexibility index (Phi) is 4.78. The lowest BCUT2D eigenvalue weighted by Crippen LogP contribution is -2.30. The van der Waals surface area contributed by atoms with Crippen LogP contribution in [0.3, 0.4) is 0 Å². The molecule has 1 saturated heterocycles. The summed E-state index contributed by atoms with van der Waals surface area (Å²) in [5, 5.41) is 0. The molecule has 2 heterocycles. The number of fused-ring (bicyclic) bond motifs is 1. The van der Waals surface area contributed by atoms with Crippen LogP contribution in [0.5, 0.6) is 0 Å². The van der Waals surface area contributed by atoms with Gasteiger partial charge in [0.15, 0.2) is 0 Å². The van der Waals surface area contributed by atoms with Gasteiger partial charge in [-0.2, -0.15) is 0 Å². The van der Waals surface area contributed by atoms with Gasteiger partial charge in [-0.25, -0.2) is 4.98 Å². The van der Waals surface area contributed by atoms with Crippen molar-refractivity contribution in [3.05, 3.63) is 30.1 Å². The fourth-order valence-corrected chi connectivity index (χ4v) is 4.78. The number of benzene rings is 1. The lowest BCUT2D eigenvalue weighted by atomic mass is 9.87. The van der Waals surface area contributed by atoms with Crippen molar-refractivity contribution in [3.63, 3.8) is 0 Å². The molecule has 4 nitrogen and oxygen atoms in total. The first-order valence-corrected chi connectivity index (χ1v) is 9.96. The van der Waals surface area contributed by atoms with Crippen molar-refractivity contribution in [1.82, 2.24) is 14.5 Å². The van der Waals surface area contributed by atoms with Gasteiger partial charge in [0.05, 0.1) is 17.1 Å². The Morgan fingerprint density at radius 2 is 1.92 bits per heavy atom. The van der Waals surface area contributed by atoms with Crippen LogP contribution in [0.2, 0.25) is 0 Å². The maximum absolute atomic E-state index is 12.1. The second-order valence-corrected chi connectivity index (χ2v) is 7.77. The highest BCUT2D eigenvalue weighted by atomic mass is 16.2. The predicted octanol–water partition coefficient (Wildman–Crippen LogP) is 4.69. The molecule has 1 saturated carbocycles. The largest absolute Gasteiger partial charge is 0.333 e. The van der Waals surface area contributed by atoms with Crippen LogP contribution < -0.4 is 0 Å². The molecule has 0 N–H and O–H groups in total. The standard InChI is InChI=1S/C21H29N3O/c1-16(25)23-14-7-12-20(23)21-22-18-10-5-6-11-19(18)24(21)15-13-17-8-3-2-4-9-17/h5-6,10-11,17,20H,2-4,7-9,12-15H2,1H3. The van der Waals surface area contributed by atoms with Gasteiger partial charge in [-0.05, 0) is 37.3 Å². The van der Waals surface area contributed by atoms with E-state index in [0.29, 0.717) is 0 Å². The van der Waals surface area contributed by atoms with E-state index in [0.717, 1.165) is 43.2 Å². The number of carbonyl (C=O) groups excluding carboxylic acids is 1. The summed E-state index contributed by atoms with van der Waals surface area (Å²) < 4.78 is 2.41. The number of amides is 1. The second-order valence-electron chi connectivity index (χ2n) is 7.77. The maximum Gasteiger partial charge on any atom is 0.220 e. The van der Waals surface area contributed by atoms with Crippen LogP contribution in [0.4, 0.5) is 0 Å². The highest BCUT2D eigenvalue weighted by Crippen LogP contribution is 2.34. The third-order valence-corrected chi connectivity index (χ3v) is 6.13. The molecule has 1 unspecified atom stereocenters. The van der Waals surface area contributed by atoms with E-state index >= 15 is 0 Å². The van der Waals surface area contributed by atoms with Crippen LogP contribution in [-0.2, 0) is 11.3 Å². The first-order valence-electron chi connectivity index (χ1n) is 9.96. The maximum atomic E-state index is 12.1. The van der Waals surface area contributed by atoms with Crippen molar-refractivity contribution < 1.29 is 4.79 Å². The number of nitrogens with zero attached hydrogens (tertiary/aromatic N) is 3. The van der Waals surface area contributed by atoms with Gasteiger partial charge < -0.3 is 9.47 Å². The Bertz CT molecular complexity index is 745. The summed E-state index contributed by atoms with van der Waals surface area (Å²) in [4.78, 5) is 19.0. The predicted molar refractivity (Wildman–Crippen MR) is 100 cm³/mol. The molecule has 1 aromatic heterocycles. The minimum atomic E-state index is 0.149. The fourth-order valence-electron chi connectivity index (χ4n) is 4.78. The smallest absolute Gasteiger partial charge is 0.220 e. The molecule has 0 radical (unpaired) electrons. The highest BCUT2D eigenvalue weighted by Gasteiger charge is 2.32. The quantitative estimate of drug-likeness (QED) is 0.810. The lowest BCUT2D eigenvalue weighted by Gasteiger charge is -2.25. The van der Waals surface area contributed by atoms with Crippen molar-refractivity contribution in [2.45, 2.75) is 70.9 Å². The number of hydrogen-bond donors (Lipinski definition) is 0. The third-order valence-electron chi connectivity index (χ3n) is 6.13. The Balaban J connectivity index is 1.64. The molecule has 1 aliphatic carbocycles. The molecule has 1 aliphatic heterocycles. The zero-order valence-electron chi connectivity index (χ0n) is 15.3. The number of carbonyl (C=O) groups is 1. The molecular formula is C21H29N3O. The second kappa shape index (κ2) is 7.19. The number of hydrogen-bond acceptors (Lipinski definition) is 2. The van der Waals surface area contributed by atoms with Crippen LogP contribution >= 0.6 is 0 Å². The topological polar surface area (TPSA) is 38.1 Å². The van der Waals surface area contributed by atoms with Crippen LogP contribution in [0.15, 0.2) is 24.3 Å². The van der Waals surface area contributed by atoms with Gasteiger partial charge in [-0.1, -0.05) is 44.2 Å². The van der Waals surface area contributed by atoms with Crippen LogP contribution in [0.25, 0.3) is 11.0 Å². The van der Waals surface area contributed by atoms with Crippen molar-refractivity contribution in [2.24, 2.45) is 5.92 Å². The average molecular weight is 339 g/mol. The monoisotopic (exact) mass is 339 g/mol. The van der Waals surface area contributed by atoms with Crippen molar-refractivity contribution in [3.8, 4) is 0 Å². The van der Waals surface area contributed by atoms with E-state index < -0.39 is 0 Å². The van der Waals surface area contributed by atoms with Crippen LogP contribution in [0, 0.1) is 5.92 Å². The SMILES string of the molecule is CC(=O)N1CCCC1c1nc2ccccc2n1CCC1CCCCC1. The zero-order valence-corrected chi connectivity index (χ0v) is 15.3. The van der Waals surface area contributed by atoms with Gasteiger partial charge in [0.25, 0.3) is 0 Å². The number of rotatable bonds is 4. The first-order chi connectivity index (χ1) is 12.2. The van der Waals surface area contributed by atoms with Crippen LogP contribution in [-0.4, -0.2) is 26.9 Å². The number of imidazole rings is 1. The van der Waals surface area contributed by atoms with E-state index in [9.17, 15) is 4.79 Å². The molecule has 25 heavy (non-hydrogen) atoms. The van der Waals surface area contributed by atoms with Crippen molar-refractivity contribution in [2.75, 3.05) is 6.54 Å². The molecule has 1 amide bonds. The molecule has 2 fully saturated rings. The molecule has 1 atom stereocenters. The summed E-state index contributed by atoms with van der Waals surface area (Å²) in [6.45, 7) is 3.59. The number of aromatic nitrogens is 2. The Labute approximate surface area is 150 Å².